The summed E-state index contributed by atoms with van der Waals surface area (Å²) >= 11 is 0. The van der Waals surface area contributed by atoms with Crippen LogP contribution in [0.2, 0.25) is 0 Å². The highest BCUT2D eigenvalue weighted by molar-refractivity contribution is 6.10. The Morgan fingerprint density at radius 1 is 1.11 bits per heavy atom. The first-order valence-corrected chi connectivity index (χ1v) is 5.04. The minimum atomic E-state index is -4.92. The van der Waals surface area contributed by atoms with E-state index in [4.69, 9.17) is 15.6 Å². The van der Waals surface area contributed by atoms with E-state index in [0.29, 0.717) is 0 Å². The van der Waals surface area contributed by atoms with Crippen LogP contribution in [0.5, 0.6) is 0 Å². The minimum absolute atomic E-state index is 0.0433. The lowest BCUT2D eigenvalue weighted by atomic mass is 10.0. The SMILES string of the molecule is C/C(C(=N)c1ccc(C(=O)O)cc1)=C(/O)C(F)(F)F. The van der Waals surface area contributed by atoms with Crippen LogP contribution in [-0.4, -0.2) is 28.1 Å². The summed E-state index contributed by atoms with van der Waals surface area (Å²) in [6.45, 7) is 0.969. The molecule has 7 heteroatoms. The van der Waals surface area contributed by atoms with Crippen molar-refractivity contribution in [2.45, 2.75) is 13.1 Å². The molecule has 1 aromatic carbocycles. The molecule has 1 rings (SSSR count). The molecule has 19 heavy (non-hydrogen) atoms. The largest absolute Gasteiger partial charge is 0.504 e. The first kappa shape index (κ1) is 14.7. The Kier molecular flexibility index (Phi) is 3.98. The lowest BCUT2D eigenvalue weighted by Crippen LogP contribution is -2.17. The third kappa shape index (κ3) is 3.34. The van der Waals surface area contributed by atoms with E-state index in [9.17, 15) is 18.0 Å². The van der Waals surface area contributed by atoms with Crippen LogP contribution < -0.4 is 0 Å². The van der Waals surface area contributed by atoms with Gasteiger partial charge in [-0.05, 0) is 24.6 Å². The Labute approximate surface area is 106 Å². The second kappa shape index (κ2) is 5.13. The number of rotatable bonds is 3. The van der Waals surface area contributed by atoms with Gasteiger partial charge in [-0.1, -0.05) is 12.1 Å². The molecule has 0 atom stereocenters. The number of alkyl halides is 3. The van der Waals surface area contributed by atoms with Crippen LogP contribution in [0.25, 0.3) is 0 Å². The van der Waals surface area contributed by atoms with E-state index in [2.05, 4.69) is 0 Å². The number of hydrogen-bond acceptors (Lipinski definition) is 3. The molecule has 4 nitrogen and oxygen atoms in total. The second-order valence-corrected chi connectivity index (χ2v) is 3.73. The number of allylic oxidation sites excluding steroid dienone is 2. The Bertz CT molecular complexity index is 544. The number of carboxylic acids is 1. The maximum Gasteiger partial charge on any atom is 0.449 e. The maximum atomic E-state index is 12.3. The molecule has 0 unspecified atom stereocenters. The number of hydrogen-bond donors (Lipinski definition) is 3. The zero-order chi connectivity index (χ0) is 14.8. The van der Waals surface area contributed by atoms with Crippen LogP contribution in [-0.2, 0) is 0 Å². The summed E-state index contributed by atoms with van der Waals surface area (Å²) in [4.78, 5) is 10.6. The summed E-state index contributed by atoms with van der Waals surface area (Å²) in [5.74, 6) is -3.01. The number of carboxylic acid groups (broad SMARTS) is 1. The van der Waals surface area contributed by atoms with Gasteiger partial charge in [0.15, 0.2) is 0 Å². The number of aliphatic hydroxyl groups is 1. The number of benzene rings is 1. The molecule has 102 valence electrons. The van der Waals surface area contributed by atoms with Crippen LogP contribution in [0.4, 0.5) is 13.2 Å². The molecule has 0 aromatic heterocycles. The summed E-state index contributed by atoms with van der Waals surface area (Å²) in [7, 11) is 0. The average molecular weight is 273 g/mol. The van der Waals surface area contributed by atoms with E-state index in [1.165, 1.54) is 24.3 Å². The Morgan fingerprint density at radius 3 is 1.89 bits per heavy atom. The molecule has 0 saturated carbocycles. The first-order chi connectivity index (χ1) is 8.64. The predicted octanol–water partition coefficient (Wildman–Crippen LogP) is 3.15. The number of carbonyl (C=O) groups is 1. The van der Waals surface area contributed by atoms with Gasteiger partial charge in [0.2, 0.25) is 5.76 Å². The molecule has 0 aliphatic carbocycles. The van der Waals surface area contributed by atoms with Crippen molar-refractivity contribution in [3.8, 4) is 0 Å². The van der Waals surface area contributed by atoms with Crippen molar-refractivity contribution in [2.24, 2.45) is 0 Å². The molecular weight excluding hydrogens is 263 g/mol. The van der Waals surface area contributed by atoms with Gasteiger partial charge in [0.25, 0.3) is 0 Å². The highest BCUT2D eigenvalue weighted by atomic mass is 19.4. The molecule has 0 amide bonds. The van der Waals surface area contributed by atoms with Gasteiger partial charge in [0.05, 0.1) is 11.3 Å². The summed E-state index contributed by atoms with van der Waals surface area (Å²) < 4.78 is 36.8. The van der Waals surface area contributed by atoms with Crippen molar-refractivity contribution in [2.75, 3.05) is 0 Å². The monoisotopic (exact) mass is 273 g/mol. The van der Waals surface area contributed by atoms with Gasteiger partial charge in [-0.15, -0.1) is 0 Å². The smallest absolute Gasteiger partial charge is 0.449 e. The van der Waals surface area contributed by atoms with E-state index in [1.54, 1.807) is 0 Å². The number of aliphatic hydroxyl groups excluding tert-OH is 1. The van der Waals surface area contributed by atoms with Crippen LogP contribution >= 0.6 is 0 Å². The topological polar surface area (TPSA) is 81.4 Å². The van der Waals surface area contributed by atoms with Gasteiger partial charge in [-0.3, -0.25) is 5.41 Å². The molecule has 1 aromatic rings. The molecule has 0 radical (unpaired) electrons. The van der Waals surface area contributed by atoms with Gasteiger partial charge in [0, 0.05) is 5.57 Å². The standard InChI is InChI=1S/C12H10F3NO3/c1-6(10(17)12(13,14)15)9(16)7-2-4-8(5-3-7)11(18)19/h2-5,16-17H,1H3,(H,18,19)/b10-6-,16-9?. The van der Waals surface area contributed by atoms with Gasteiger partial charge in [0.1, 0.15) is 0 Å². The molecule has 0 spiro atoms. The molecule has 3 N–H and O–H groups in total. The van der Waals surface area contributed by atoms with Gasteiger partial charge < -0.3 is 10.2 Å². The summed E-state index contributed by atoms with van der Waals surface area (Å²) in [5.41, 5.74) is -1.11. The quantitative estimate of drug-likeness (QED) is 0.584. The van der Waals surface area contributed by atoms with Crippen molar-refractivity contribution in [1.82, 2.24) is 0 Å². The molecule has 0 aliphatic heterocycles. The Morgan fingerprint density at radius 2 is 1.53 bits per heavy atom. The number of aromatic carboxylic acids is 1. The van der Waals surface area contributed by atoms with E-state index in [-0.39, 0.29) is 11.1 Å². The van der Waals surface area contributed by atoms with Gasteiger partial charge >= 0.3 is 12.1 Å². The third-order valence-electron chi connectivity index (χ3n) is 2.42. The highest BCUT2D eigenvalue weighted by Crippen LogP contribution is 2.27. The summed E-state index contributed by atoms with van der Waals surface area (Å²) in [5, 5.41) is 25.2. The van der Waals surface area contributed by atoms with Crippen molar-refractivity contribution in [3.63, 3.8) is 0 Å². The van der Waals surface area contributed by atoms with Crippen LogP contribution in [0, 0.1) is 5.41 Å². The third-order valence-corrected chi connectivity index (χ3v) is 2.42. The first-order valence-electron chi connectivity index (χ1n) is 5.04. The van der Waals surface area contributed by atoms with E-state index >= 15 is 0 Å². The fourth-order valence-corrected chi connectivity index (χ4v) is 1.33. The zero-order valence-electron chi connectivity index (χ0n) is 9.75. The Balaban J connectivity index is 3.11. The van der Waals surface area contributed by atoms with Crippen molar-refractivity contribution in [3.05, 3.63) is 46.7 Å². The van der Waals surface area contributed by atoms with Crippen molar-refractivity contribution >= 4 is 11.7 Å². The second-order valence-electron chi connectivity index (χ2n) is 3.73. The Hall–Kier alpha value is -2.31. The average Bonchev–Trinajstić information content (AvgIpc) is 2.35. The summed E-state index contributed by atoms with van der Waals surface area (Å²) in [6.07, 6.45) is -4.92. The molecule has 0 saturated heterocycles. The fraction of sp³-hybridized carbons (Fsp3) is 0.167. The molecule has 0 fully saturated rings. The minimum Gasteiger partial charge on any atom is -0.504 e. The van der Waals surface area contributed by atoms with Crippen molar-refractivity contribution in [1.29, 1.82) is 5.41 Å². The van der Waals surface area contributed by atoms with Gasteiger partial charge in [-0.25, -0.2) is 4.79 Å². The van der Waals surface area contributed by atoms with Crippen molar-refractivity contribution < 1.29 is 28.2 Å². The molecule has 0 bridgehead atoms. The lowest BCUT2D eigenvalue weighted by Gasteiger charge is -2.11. The molecule has 0 aliphatic rings. The zero-order valence-corrected chi connectivity index (χ0v) is 9.75. The number of nitrogens with one attached hydrogen (secondary N) is 1. The van der Waals surface area contributed by atoms with Crippen LogP contribution in [0.15, 0.2) is 35.6 Å². The lowest BCUT2D eigenvalue weighted by molar-refractivity contribution is -0.121. The van der Waals surface area contributed by atoms with E-state index < -0.39 is 29.2 Å². The fourth-order valence-electron chi connectivity index (χ4n) is 1.33. The predicted molar refractivity (Wildman–Crippen MR) is 61.6 cm³/mol. The maximum absolute atomic E-state index is 12.3. The van der Waals surface area contributed by atoms with E-state index in [0.717, 1.165) is 6.92 Å². The highest BCUT2D eigenvalue weighted by Gasteiger charge is 2.36. The van der Waals surface area contributed by atoms with E-state index in [1.807, 2.05) is 0 Å². The van der Waals surface area contributed by atoms with Crippen LogP contribution in [0.3, 0.4) is 0 Å². The van der Waals surface area contributed by atoms with Crippen LogP contribution in [0.1, 0.15) is 22.8 Å². The summed E-state index contributed by atoms with van der Waals surface area (Å²) in [6, 6.07) is 4.76. The molecular formula is C12H10F3NO3. The van der Waals surface area contributed by atoms with Gasteiger partial charge in [-0.2, -0.15) is 13.2 Å². The normalized spacial score (nSPS) is 12.8. The molecule has 0 heterocycles. The number of halogens is 3.